The summed E-state index contributed by atoms with van der Waals surface area (Å²) in [5.74, 6) is 0.542. The zero-order chi connectivity index (χ0) is 17.9. The van der Waals surface area contributed by atoms with E-state index in [0.717, 1.165) is 11.3 Å². The van der Waals surface area contributed by atoms with Gasteiger partial charge in [-0.05, 0) is 30.4 Å². The van der Waals surface area contributed by atoms with E-state index in [1.54, 1.807) is 16.0 Å². The SMILES string of the molecule is CC(Cc1ccccc1)Nc1n[nH]c(=O)c2c1nnn2Cc1cccs1. The predicted octanol–water partition coefficient (Wildman–Crippen LogP) is 2.67. The molecule has 0 spiro atoms. The minimum atomic E-state index is -0.289. The van der Waals surface area contributed by atoms with Crippen LogP contribution >= 0.6 is 11.3 Å². The van der Waals surface area contributed by atoms with Crippen molar-refractivity contribution < 1.29 is 0 Å². The Kier molecular flexibility index (Phi) is 4.49. The minimum Gasteiger partial charge on any atom is -0.364 e. The summed E-state index contributed by atoms with van der Waals surface area (Å²) in [6.07, 6.45) is 0.840. The molecule has 2 N–H and O–H groups in total. The van der Waals surface area contributed by atoms with Crippen LogP contribution in [0.1, 0.15) is 17.4 Å². The van der Waals surface area contributed by atoms with Crippen LogP contribution in [-0.4, -0.2) is 31.2 Å². The fourth-order valence-electron chi connectivity index (χ4n) is 2.92. The van der Waals surface area contributed by atoms with E-state index in [4.69, 9.17) is 0 Å². The highest BCUT2D eigenvalue weighted by molar-refractivity contribution is 7.09. The number of thiophene rings is 1. The zero-order valence-electron chi connectivity index (χ0n) is 14.2. The molecule has 0 bridgehead atoms. The van der Waals surface area contributed by atoms with Crippen LogP contribution in [0.3, 0.4) is 0 Å². The van der Waals surface area contributed by atoms with E-state index in [2.05, 4.69) is 44.9 Å². The molecule has 1 unspecified atom stereocenters. The molecule has 1 atom stereocenters. The highest BCUT2D eigenvalue weighted by atomic mass is 32.1. The first kappa shape index (κ1) is 16.5. The molecule has 0 aliphatic heterocycles. The van der Waals surface area contributed by atoms with Crippen molar-refractivity contribution in [3.63, 3.8) is 0 Å². The Bertz CT molecular complexity index is 1050. The highest BCUT2D eigenvalue weighted by Gasteiger charge is 2.16. The van der Waals surface area contributed by atoms with Crippen LogP contribution < -0.4 is 10.9 Å². The van der Waals surface area contributed by atoms with E-state index in [0.29, 0.717) is 23.4 Å². The number of aromatic nitrogens is 5. The fraction of sp³-hybridized carbons (Fsp3) is 0.222. The van der Waals surface area contributed by atoms with Crippen molar-refractivity contribution >= 4 is 28.2 Å². The molecule has 3 heterocycles. The van der Waals surface area contributed by atoms with E-state index in [1.807, 2.05) is 35.7 Å². The molecule has 4 aromatic rings. The van der Waals surface area contributed by atoms with Crippen molar-refractivity contribution in [3.8, 4) is 0 Å². The summed E-state index contributed by atoms with van der Waals surface area (Å²) in [5, 5.41) is 20.4. The van der Waals surface area contributed by atoms with Crippen molar-refractivity contribution in [2.45, 2.75) is 25.9 Å². The molecule has 0 amide bonds. The zero-order valence-corrected chi connectivity index (χ0v) is 15.0. The minimum absolute atomic E-state index is 0.126. The van der Waals surface area contributed by atoms with Gasteiger partial charge in [0.2, 0.25) is 0 Å². The molecule has 0 saturated heterocycles. The second kappa shape index (κ2) is 7.09. The van der Waals surface area contributed by atoms with Crippen LogP contribution in [-0.2, 0) is 13.0 Å². The Morgan fingerprint density at radius 1 is 1.23 bits per heavy atom. The molecule has 3 aromatic heterocycles. The number of H-pyrrole nitrogens is 1. The molecule has 8 heteroatoms. The number of hydrogen-bond donors (Lipinski definition) is 2. The smallest absolute Gasteiger partial charge is 0.292 e. The lowest BCUT2D eigenvalue weighted by molar-refractivity contribution is 0.674. The predicted molar refractivity (Wildman–Crippen MR) is 103 cm³/mol. The number of rotatable bonds is 6. The lowest BCUT2D eigenvalue weighted by atomic mass is 10.1. The van der Waals surface area contributed by atoms with E-state index in [9.17, 15) is 4.79 Å². The van der Waals surface area contributed by atoms with Gasteiger partial charge < -0.3 is 5.32 Å². The monoisotopic (exact) mass is 366 g/mol. The fourth-order valence-corrected chi connectivity index (χ4v) is 3.61. The average Bonchev–Trinajstić information content (AvgIpc) is 3.29. The van der Waals surface area contributed by atoms with Crippen molar-refractivity contribution in [2.75, 3.05) is 5.32 Å². The Morgan fingerprint density at radius 2 is 2.08 bits per heavy atom. The quantitative estimate of drug-likeness (QED) is 0.548. The molecule has 1 aromatic carbocycles. The number of nitrogens with one attached hydrogen (secondary N) is 2. The normalized spacial score (nSPS) is 12.3. The Hall–Kier alpha value is -3.00. The Balaban J connectivity index is 1.61. The summed E-state index contributed by atoms with van der Waals surface area (Å²) < 4.78 is 1.62. The van der Waals surface area contributed by atoms with Crippen LogP contribution in [0.15, 0.2) is 52.6 Å². The van der Waals surface area contributed by atoms with Gasteiger partial charge in [0, 0.05) is 10.9 Å². The van der Waals surface area contributed by atoms with Crippen LogP contribution in [0.25, 0.3) is 11.0 Å². The van der Waals surface area contributed by atoms with E-state index < -0.39 is 0 Å². The third-order valence-corrected chi connectivity index (χ3v) is 4.96. The molecule has 0 aliphatic rings. The van der Waals surface area contributed by atoms with E-state index in [-0.39, 0.29) is 11.6 Å². The van der Waals surface area contributed by atoms with Gasteiger partial charge in [0.1, 0.15) is 0 Å². The second-order valence-corrected chi connectivity index (χ2v) is 7.19. The van der Waals surface area contributed by atoms with Gasteiger partial charge in [0.15, 0.2) is 16.9 Å². The maximum absolute atomic E-state index is 12.3. The lowest BCUT2D eigenvalue weighted by Crippen LogP contribution is -2.22. The van der Waals surface area contributed by atoms with Gasteiger partial charge in [-0.1, -0.05) is 41.6 Å². The standard InChI is InChI=1S/C18H18N6OS/c1-12(10-13-6-3-2-4-7-13)19-17-15-16(18(25)22-21-17)24(23-20-15)11-14-8-5-9-26-14/h2-9,12H,10-11H2,1H3,(H,19,21)(H,22,25). The number of nitrogens with zero attached hydrogens (tertiary/aromatic N) is 4. The van der Waals surface area contributed by atoms with E-state index in [1.165, 1.54) is 5.56 Å². The summed E-state index contributed by atoms with van der Waals surface area (Å²) in [5.41, 5.74) is 1.87. The molecular formula is C18H18N6OS. The molecule has 0 saturated carbocycles. The van der Waals surface area contributed by atoms with Crippen molar-refractivity contribution in [1.82, 2.24) is 25.2 Å². The summed E-state index contributed by atoms with van der Waals surface area (Å²) >= 11 is 1.62. The number of hydrogen-bond acceptors (Lipinski definition) is 6. The molecule has 0 fully saturated rings. The molecule has 0 aliphatic carbocycles. The number of benzene rings is 1. The highest BCUT2D eigenvalue weighted by Crippen LogP contribution is 2.18. The van der Waals surface area contributed by atoms with Crippen LogP contribution in [0.5, 0.6) is 0 Å². The van der Waals surface area contributed by atoms with Gasteiger partial charge in [0.25, 0.3) is 5.56 Å². The third-order valence-electron chi connectivity index (χ3n) is 4.10. The van der Waals surface area contributed by atoms with Crippen molar-refractivity contribution in [1.29, 1.82) is 0 Å². The van der Waals surface area contributed by atoms with Gasteiger partial charge in [-0.2, -0.15) is 5.10 Å². The first-order valence-corrected chi connectivity index (χ1v) is 9.23. The van der Waals surface area contributed by atoms with Gasteiger partial charge in [-0.3, -0.25) is 4.79 Å². The van der Waals surface area contributed by atoms with Gasteiger partial charge in [-0.15, -0.1) is 16.4 Å². The second-order valence-electron chi connectivity index (χ2n) is 6.16. The van der Waals surface area contributed by atoms with Crippen molar-refractivity contribution in [2.24, 2.45) is 0 Å². The first-order valence-electron chi connectivity index (χ1n) is 8.35. The number of anilines is 1. The van der Waals surface area contributed by atoms with Crippen LogP contribution in [0.2, 0.25) is 0 Å². The molecule has 4 rings (SSSR count). The molecule has 26 heavy (non-hydrogen) atoms. The Labute approximate surface area is 153 Å². The largest absolute Gasteiger partial charge is 0.364 e. The number of aromatic amines is 1. The lowest BCUT2D eigenvalue weighted by Gasteiger charge is -2.14. The summed E-state index contributed by atoms with van der Waals surface area (Å²) in [7, 11) is 0. The van der Waals surface area contributed by atoms with E-state index >= 15 is 0 Å². The molecule has 0 radical (unpaired) electrons. The summed E-state index contributed by atoms with van der Waals surface area (Å²) in [6, 6.07) is 14.3. The Morgan fingerprint density at radius 3 is 2.85 bits per heavy atom. The average molecular weight is 366 g/mol. The maximum atomic E-state index is 12.3. The first-order chi connectivity index (χ1) is 12.7. The molecule has 132 valence electrons. The van der Waals surface area contributed by atoms with Crippen molar-refractivity contribution in [3.05, 3.63) is 68.6 Å². The topological polar surface area (TPSA) is 88.5 Å². The summed E-state index contributed by atoms with van der Waals surface area (Å²) in [6.45, 7) is 2.59. The molecule has 7 nitrogen and oxygen atoms in total. The number of fused-ring (bicyclic) bond motifs is 1. The van der Waals surface area contributed by atoms with Crippen LogP contribution in [0.4, 0.5) is 5.82 Å². The third kappa shape index (κ3) is 3.36. The summed E-state index contributed by atoms with van der Waals surface area (Å²) in [4.78, 5) is 13.4. The van der Waals surface area contributed by atoms with Gasteiger partial charge in [-0.25, -0.2) is 9.78 Å². The van der Waals surface area contributed by atoms with Crippen LogP contribution in [0, 0.1) is 0 Å². The maximum Gasteiger partial charge on any atom is 0.292 e. The van der Waals surface area contributed by atoms with Gasteiger partial charge in [0.05, 0.1) is 6.54 Å². The molecular weight excluding hydrogens is 348 g/mol. The van der Waals surface area contributed by atoms with Gasteiger partial charge >= 0.3 is 0 Å².